The molecule has 0 fully saturated rings. The van der Waals surface area contributed by atoms with Gasteiger partial charge >= 0.3 is 0 Å². The van der Waals surface area contributed by atoms with Crippen LogP contribution in [0.5, 0.6) is 0 Å². The Bertz CT molecular complexity index is 909. The van der Waals surface area contributed by atoms with Crippen LogP contribution in [0.15, 0.2) is 48.5 Å². The van der Waals surface area contributed by atoms with Crippen LogP contribution in [0.4, 0.5) is 8.78 Å². The minimum Gasteiger partial charge on any atom is -0.392 e. The molecule has 0 spiro atoms. The van der Waals surface area contributed by atoms with Crippen molar-refractivity contribution in [3.05, 3.63) is 70.9 Å². The molecule has 1 N–H and O–H groups in total. The molecule has 23 heavy (non-hydrogen) atoms. The first kappa shape index (κ1) is 15.6. The molecule has 0 unspecified atom stereocenters. The van der Waals surface area contributed by atoms with Crippen molar-refractivity contribution in [2.45, 2.75) is 0 Å². The first-order chi connectivity index (χ1) is 11.1. The van der Waals surface area contributed by atoms with Crippen LogP contribution in [0.1, 0.15) is 5.69 Å². The van der Waals surface area contributed by atoms with Gasteiger partial charge in [0.15, 0.2) is 0 Å². The Balaban J connectivity index is 2.32. The van der Waals surface area contributed by atoms with Crippen molar-refractivity contribution in [1.29, 1.82) is 0 Å². The van der Waals surface area contributed by atoms with Crippen molar-refractivity contribution >= 4 is 28.6 Å². The van der Waals surface area contributed by atoms with E-state index in [4.69, 9.17) is 16.7 Å². The summed E-state index contributed by atoms with van der Waals surface area (Å²) in [5, 5.41) is 9.51. The molecule has 3 rings (SSSR count). The Morgan fingerprint density at radius 2 is 1.96 bits per heavy atom. The van der Waals surface area contributed by atoms with E-state index in [9.17, 15) is 8.78 Å². The SMILES string of the molecule is OC/C=C/c1cc(-c2cccc(F)c2)c2cc(Cl)c(F)cc2n1. The van der Waals surface area contributed by atoms with Crippen molar-refractivity contribution in [3.63, 3.8) is 0 Å². The number of benzene rings is 2. The molecule has 0 aliphatic rings. The van der Waals surface area contributed by atoms with Crippen LogP contribution in [0.3, 0.4) is 0 Å². The number of fused-ring (bicyclic) bond motifs is 1. The summed E-state index contributed by atoms with van der Waals surface area (Å²) in [5.41, 5.74) is 2.27. The van der Waals surface area contributed by atoms with Crippen LogP contribution in [0, 0.1) is 11.6 Å². The van der Waals surface area contributed by atoms with Gasteiger partial charge in [-0.05, 0) is 41.5 Å². The first-order valence-electron chi connectivity index (χ1n) is 6.91. The monoisotopic (exact) mass is 331 g/mol. The number of pyridine rings is 1. The van der Waals surface area contributed by atoms with Crippen LogP contribution in [0.2, 0.25) is 5.02 Å². The highest BCUT2D eigenvalue weighted by molar-refractivity contribution is 6.31. The highest BCUT2D eigenvalue weighted by Gasteiger charge is 2.11. The number of halogens is 3. The molecular weight excluding hydrogens is 320 g/mol. The average Bonchev–Trinajstić information content (AvgIpc) is 2.53. The standard InChI is InChI=1S/C18H12ClF2NO/c19-16-9-15-14(11-3-1-4-12(20)7-11)8-13(5-2-6-23)22-18(15)10-17(16)21/h1-5,7-10,23H,6H2/b5-2+. The lowest BCUT2D eigenvalue weighted by molar-refractivity contribution is 0.343. The van der Waals surface area contributed by atoms with E-state index in [1.165, 1.54) is 30.3 Å². The lowest BCUT2D eigenvalue weighted by atomic mass is 9.99. The maximum absolute atomic E-state index is 13.7. The zero-order valence-corrected chi connectivity index (χ0v) is 12.7. The molecule has 0 aliphatic heterocycles. The Morgan fingerprint density at radius 3 is 2.70 bits per heavy atom. The predicted octanol–water partition coefficient (Wildman–Crippen LogP) is 4.84. The van der Waals surface area contributed by atoms with Crippen molar-refractivity contribution < 1.29 is 13.9 Å². The van der Waals surface area contributed by atoms with Crippen molar-refractivity contribution in [1.82, 2.24) is 4.98 Å². The fraction of sp³-hybridized carbons (Fsp3) is 0.0556. The van der Waals surface area contributed by atoms with E-state index in [0.29, 0.717) is 27.7 Å². The summed E-state index contributed by atoms with van der Waals surface area (Å²) in [6.07, 6.45) is 3.14. The second-order valence-electron chi connectivity index (χ2n) is 4.97. The van der Waals surface area contributed by atoms with Crippen LogP contribution >= 0.6 is 11.6 Å². The van der Waals surface area contributed by atoms with Gasteiger partial charge in [-0.15, -0.1) is 0 Å². The Morgan fingerprint density at radius 1 is 1.13 bits per heavy atom. The molecule has 0 bridgehead atoms. The highest BCUT2D eigenvalue weighted by Crippen LogP contribution is 2.32. The van der Waals surface area contributed by atoms with E-state index < -0.39 is 5.82 Å². The Kier molecular flexibility index (Phi) is 4.37. The smallest absolute Gasteiger partial charge is 0.143 e. The van der Waals surface area contributed by atoms with E-state index in [1.807, 2.05) is 0 Å². The molecule has 0 aliphatic carbocycles. The molecule has 116 valence electrons. The molecule has 5 heteroatoms. The number of hydrogen-bond acceptors (Lipinski definition) is 2. The zero-order valence-electron chi connectivity index (χ0n) is 11.9. The molecule has 0 saturated heterocycles. The molecule has 0 amide bonds. The average molecular weight is 332 g/mol. The fourth-order valence-electron chi connectivity index (χ4n) is 2.40. The quantitative estimate of drug-likeness (QED) is 0.745. The van der Waals surface area contributed by atoms with Crippen molar-refractivity contribution in [2.24, 2.45) is 0 Å². The van der Waals surface area contributed by atoms with Gasteiger partial charge < -0.3 is 5.11 Å². The van der Waals surface area contributed by atoms with E-state index in [-0.39, 0.29) is 17.4 Å². The van der Waals surface area contributed by atoms with Gasteiger partial charge in [0.1, 0.15) is 11.6 Å². The van der Waals surface area contributed by atoms with Crippen molar-refractivity contribution in [2.75, 3.05) is 6.61 Å². The molecule has 3 aromatic rings. The second-order valence-corrected chi connectivity index (χ2v) is 5.38. The van der Waals surface area contributed by atoms with Gasteiger partial charge in [0.25, 0.3) is 0 Å². The molecule has 2 nitrogen and oxygen atoms in total. The molecule has 2 aromatic carbocycles. The summed E-state index contributed by atoms with van der Waals surface area (Å²) in [4.78, 5) is 4.33. The second kappa shape index (κ2) is 6.44. The van der Waals surface area contributed by atoms with Crippen molar-refractivity contribution in [3.8, 4) is 11.1 Å². The maximum Gasteiger partial charge on any atom is 0.143 e. The third kappa shape index (κ3) is 3.23. The molecule has 0 atom stereocenters. The molecule has 1 heterocycles. The topological polar surface area (TPSA) is 33.1 Å². The van der Waals surface area contributed by atoms with Gasteiger partial charge in [0.2, 0.25) is 0 Å². The van der Waals surface area contributed by atoms with Gasteiger partial charge in [-0.1, -0.05) is 29.8 Å². The van der Waals surface area contributed by atoms with Gasteiger partial charge in [0, 0.05) is 11.5 Å². The third-order valence-corrected chi connectivity index (χ3v) is 3.69. The number of aliphatic hydroxyl groups excluding tert-OH is 1. The van der Waals surface area contributed by atoms with Gasteiger partial charge in [-0.25, -0.2) is 13.8 Å². The largest absolute Gasteiger partial charge is 0.392 e. The van der Waals surface area contributed by atoms with E-state index >= 15 is 0 Å². The van der Waals surface area contributed by atoms with Crippen LogP contribution in [-0.4, -0.2) is 16.7 Å². The summed E-state index contributed by atoms with van der Waals surface area (Å²) < 4.78 is 27.3. The van der Waals surface area contributed by atoms with Crippen LogP contribution in [-0.2, 0) is 0 Å². The summed E-state index contributed by atoms with van der Waals surface area (Å²) in [5.74, 6) is -0.937. The van der Waals surface area contributed by atoms with Gasteiger partial charge in [0.05, 0.1) is 22.8 Å². The fourth-order valence-corrected chi connectivity index (χ4v) is 2.56. The molecule has 0 radical (unpaired) electrons. The summed E-state index contributed by atoms with van der Waals surface area (Å²) in [6.45, 7) is -0.135. The van der Waals surface area contributed by atoms with Crippen LogP contribution < -0.4 is 0 Å². The summed E-state index contributed by atoms with van der Waals surface area (Å²) in [7, 11) is 0. The van der Waals surface area contributed by atoms with E-state index in [2.05, 4.69) is 4.98 Å². The zero-order chi connectivity index (χ0) is 16.4. The van der Waals surface area contributed by atoms with Crippen LogP contribution in [0.25, 0.3) is 28.1 Å². The number of rotatable bonds is 3. The first-order valence-corrected chi connectivity index (χ1v) is 7.29. The summed E-state index contributed by atoms with van der Waals surface area (Å²) in [6, 6.07) is 10.6. The van der Waals surface area contributed by atoms with E-state index in [0.717, 1.165) is 0 Å². The number of aromatic nitrogens is 1. The number of nitrogens with zero attached hydrogens (tertiary/aromatic N) is 1. The Labute approximate surface area is 136 Å². The minimum absolute atomic E-state index is 0.0180. The molecule has 0 saturated carbocycles. The predicted molar refractivity (Wildman–Crippen MR) is 88.2 cm³/mol. The minimum atomic E-state index is -0.569. The highest BCUT2D eigenvalue weighted by atomic mass is 35.5. The van der Waals surface area contributed by atoms with Gasteiger partial charge in [-0.2, -0.15) is 0 Å². The molecular formula is C18H12ClF2NO. The lowest BCUT2D eigenvalue weighted by Crippen LogP contribution is -1.91. The summed E-state index contributed by atoms with van der Waals surface area (Å²) >= 11 is 5.88. The van der Waals surface area contributed by atoms with E-state index in [1.54, 1.807) is 24.3 Å². The number of hydrogen-bond donors (Lipinski definition) is 1. The lowest BCUT2D eigenvalue weighted by Gasteiger charge is -2.10. The normalized spacial score (nSPS) is 11.5. The third-order valence-electron chi connectivity index (χ3n) is 3.40. The van der Waals surface area contributed by atoms with Gasteiger partial charge in [-0.3, -0.25) is 0 Å². The molecule has 1 aromatic heterocycles. The number of aliphatic hydroxyl groups is 1. The maximum atomic E-state index is 13.7. The Hall–Kier alpha value is -2.30.